The molecular formula is C12H6BrCl2. The Morgan fingerprint density at radius 1 is 1.07 bits per heavy atom. The molecule has 0 heterocycles. The molecule has 2 aromatic rings. The van der Waals surface area contributed by atoms with Crippen LogP contribution in [0.2, 0.25) is 10.0 Å². The summed E-state index contributed by atoms with van der Waals surface area (Å²) in [7, 11) is 0. The SMILES string of the molecule is Clc1[c]cc(Cl)c(-c2ccccc2Br)c1. The molecule has 0 saturated carbocycles. The lowest BCUT2D eigenvalue weighted by molar-refractivity contribution is 1.58. The first-order chi connectivity index (χ1) is 7.18. The van der Waals surface area contributed by atoms with Crippen molar-refractivity contribution < 1.29 is 0 Å². The second kappa shape index (κ2) is 4.56. The molecule has 0 spiro atoms. The molecule has 0 aliphatic carbocycles. The summed E-state index contributed by atoms with van der Waals surface area (Å²) in [5, 5.41) is 1.21. The standard InChI is InChI=1S/C12H6BrCl2/c13-11-4-2-1-3-9(11)10-7-8(14)5-6-12(10)15/h1-4,6-7H. The van der Waals surface area contributed by atoms with E-state index in [-0.39, 0.29) is 0 Å². The van der Waals surface area contributed by atoms with Gasteiger partial charge in [-0.3, -0.25) is 0 Å². The van der Waals surface area contributed by atoms with Crippen molar-refractivity contribution in [2.45, 2.75) is 0 Å². The third-order valence-electron chi connectivity index (χ3n) is 2.03. The van der Waals surface area contributed by atoms with E-state index in [1.165, 1.54) is 0 Å². The van der Waals surface area contributed by atoms with Crippen molar-refractivity contribution in [2.75, 3.05) is 0 Å². The van der Waals surface area contributed by atoms with E-state index in [9.17, 15) is 0 Å². The summed E-state index contributed by atoms with van der Waals surface area (Å²) in [4.78, 5) is 0. The van der Waals surface area contributed by atoms with Gasteiger partial charge in [-0.05, 0) is 23.8 Å². The van der Waals surface area contributed by atoms with Crippen molar-refractivity contribution in [3.05, 3.63) is 57.0 Å². The first-order valence-electron chi connectivity index (χ1n) is 4.30. The quantitative estimate of drug-likeness (QED) is 0.677. The van der Waals surface area contributed by atoms with E-state index in [4.69, 9.17) is 23.2 Å². The van der Waals surface area contributed by atoms with Crippen LogP contribution in [0.4, 0.5) is 0 Å². The molecule has 1 radical (unpaired) electrons. The highest BCUT2D eigenvalue weighted by Gasteiger charge is 2.07. The average molecular weight is 301 g/mol. The van der Waals surface area contributed by atoms with E-state index >= 15 is 0 Å². The van der Waals surface area contributed by atoms with Crippen LogP contribution < -0.4 is 0 Å². The van der Waals surface area contributed by atoms with Gasteiger partial charge < -0.3 is 0 Å². The molecule has 0 amide bonds. The Kier molecular flexibility index (Phi) is 3.35. The van der Waals surface area contributed by atoms with Crippen LogP contribution in [0.3, 0.4) is 0 Å². The van der Waals surface area contributed by atoms with Crippen molar-refractivity contribution in [1.82, 2.24) is 0 Å². The van der Waals surface area contributed by atoms with E-state index in [2.05, 4.69) is 22.0 Å². The van der Waals surface area contributed by atoms with Crippen molar-refractivity contribution >= 4 is 39.1 Å². The molecule has 0 aliphatic rings. The minimum absolute atomic E-state index is 0.560. The molecule has 0 aliphatic heterocycles. The van der Waals surface area contributed by atoms with Gasteiger partial charge in [-0.25, -0.2) is 0 Å². The van der Waals surface area contributed by atoms with E-state index in [1.807, 2.05) is 30.3 Å². The number of halogens is 3. The van der Waals surface area contributed by atoms with Gasteiger partial charge in [0.25, 0.3) is 0 Å². The largest absolute Gasteiger partial charge is 0.0836 e. The minimum atomic E-state index is 0.560. The fourth-order valence-corrected chi connectivity index (χ4v) is 2.21. The lowest BCUT2D eigenvalue weighted by Gasteiger charge is -2.06. The van der Waals surface area contributed by atoms with Gasteiger partial charge in [0, 0.05) is 26.1 Å². The fraction of sp³-hybridized carbons (Fsp3) is 0. The molecule has 15 heavy (non-hydrogen) atoms. The van der Waals surface area contributed by atoms with Crippen molar-refractivity contribution in [3.63, 3.8) is 0 Å². The summed E-state index contributed by atoms with van der Waals surface area (Å²) >= 11 is 15.5. The lowest BCUT2D eigenvalue weighted by Crippen LogP contribution is -1.81. The summed E-state index contributed by atoms with van der Waals surface area (Å²) in [6, 6.07) is 14.2. The Labute approximate surface area is 107 Å². The predicted molar refractivity (Wildman–Crippen MR) is 68.4 cm³/mol. The molecule has 3 heteroatoms. The average Bonchev–Trinajstić information content (AvgIpc) is 2.23. The maximum absolute atomic E-state index is 6.09. The Morgan fingerprint density at radius 3 is 2.53 bits per heavy atom. The summed E-state index contributed by atoms with van der Waals surface area (Å²) in [6.45, 7) is 0. The molecule has 0 bridgehead atoms. The summed E-state index contributed by atoms with van der Waals surface area (Å²) in [6.07, 6.45) is 0. The summed E-state index contributed by atoms with van der Waals surface area (Å²) in [5.41, 5.74) is 1.94. The topological polar surface area (TPSA) is 0 Å². The van der Waals surface area contributed by atoms with Gasteiger partial charge in [0.2, 0.25) is 0 Å². The maximum Gasteiger partial charge on any atom is 0.0492 e. The highest BCUT2D eigenvalue weighted by molar-refractivity contribution is 9.10. The third-order valence-corrected chi connectivity index (χ3v) is 3.25. The van der Waals surface area contributed by atoms with Gasteiger partial charge >= 0.3 is 0 Å². The molecule has 0 fully saturated rings. The van der Waals surface area contributed by atoms with Crippen molar-refractivity contribution in [2.24, 2.45) is 0 Å². The van der Waals surface area contributed by atoms with E-state index < -0.39 is 0 Å². The maximum atomic E-state index is 6.09. The molecule has 0 aromatic heterocycles. The van der Waals surface area contributed by atoms with Crippen LogP contribution in [-0.4, -0.2) is 0 Å². The van der Waals surface area contributed by atoms with Gasteiger partial charge in [0.05, 0.1) is 0 Å². The first kappa shape index (κ1) is 11.0. The van der Waals surface area contributed by atoms with Crippen LogP contribution in [0, 0.1) is 6.07 Å². The van der Waals surface area contributed by atoms with E-state index in [0.29, 0.717) is 10.0 Å². The van der Waals surface area contributed by atoms with Gasteiger partial charge in [-0.1, -0.05) is 57.3 Å². The van der Waals surface area contributed by atoms with Gasteiger partial charge in [0.15, 0.2) is 0 Å². The summed E-state index contributed by atoms with van der Waals surface area (Å²) in [5.74, 6) is 0. The normalized spacial score (nSPS) is 10.3. The lowest BCUT2D eigenvalue weighted by atomic mass is 10.1. The molecule has 0 atom stereocenters. The smallest absolute Gasteiger partial charge is 0.0492 e. The molecule has 75 valence electrons. The summed E-state index contributed by atoms with van der Waals surface area (Å²) < 4.78 is 0.995. The number of hydrogen-bond acceptors (Lipinski definition) is 0. The van der Waals surface area contributed by atoms with E-state index in [0.717, 1.165) is 15.6 Å². The van der Waals surface area contributed by atoms with Crippen LogP contribution in [0.5, 0.6) is 0 Å². The first-order valence-corrected chi connectivity index (χ1v) is 5.85. The monoisotopic (exact) mass is 299 g/mol. The molecule has 2 rings (SSSR count). The zero-order valence-electron chi connectivity index (χ0n) is 7.60. The van der Waals surface area contributed by atoms with Crippen LogP contribution in [0.25, 0.3) is 11.1 Å². The second-order valence-corrected chi connectivity index (χ2v) is 4.69. The van der Waals surface area contributed by atoms with Gasteiger partial charge in [0.1, 0.15) is 0 Å². The third kappa shape index (κ3) is 2.36. The number of benzene rings is 2. The molecule has 2 aromatic carbocycles. The van der Waals surface area contributed by atoms with Gasteiger partial charge in [-0.15, -0.1) is 0 Å². The number of rotatable bonds is 1. The molecule has 0 N–H and O–H groups in total. The molecule has 0 saturated heterocycles. The van der Waals surface area contributed by atoms with Gasteiger partial charge in [-0.2, -0.15) is 0 Å². The highest BCUT2D eigenvalue weighted by atomic mass is 79.9. The van der Waals surface area contributed by atoms with Crippen molar-refractivity contribution in [3.8, 4) is 11.1 Å². The van der Waals surface area contributed by atoms with Crippen LogP contribution >= 0.6 is 39.1 Å². The Morgan fingerprint density at radius 2 is 1.80 bits per heavy atom. The minimum Gasteiger partial charge on any atom is -0.0836 e. The van der Waals surface area contributed by atoms with Crippen LogP contribution in [0.1, 0.15) is 0 Å². The second-order valence-electron chi connectivity index (χ2n) is 3.02. The molecule has 0 nitrogen and oxygen atoms in total. The highest BCUT2D eigenvalue weighted by Crippen LogP contribution is 2.34. The predicted octanol–water partition coefficient (Wildman–Crippen LogP) is 5.22. The Bertz CT molecular complexity index is 495. The van der Waals surface area contributed by atoms with Crippen molar-refractivity contribution in [1.29, 1.82) is 0 Å². The number of hydrogen-bond donors (Lipinski definition) is 0. The fourth-order valence-electron chi connectivity index (χ4n) is 1.33. The Hall–Kier alpha value is -0.500. The zero-order chi connectivity index (χ0) is 10.8. The van der Waals surface area contributed by atoms with Crippen LogP contribution in [-0.2, 0) is 0 Å². The molecule has 0 unspecified atom stereocenters. The Balaban J connectivity index is 2.64. The van der Waals surface area contributed by atoms with Crippen LogP contribution in [0.15, 0.2) is 40.9 Å². The molecular weight excluding hydrogens is 295 g/mol. The zero-order valence-corrected chi connectivity index (χ0v) is 10.7. The van der Waals surface area contributed by atoms with E-state index in [1.54, 1.807) is 6.07 Å².